The normalized spacial score (nSPS) is 13.5. The van der Waals surface area contributed by atoms with Crippen molar-refractivity contribution in [3.8, 4) is 0 Å². The fourth-order valence-corrected chi connectivity index (χ4v) is 0.281. The van der Waals surface area contributed by atoms with Gasteiger partial charge < -0.3 is 17.8 Å². The molecule has 5 nitrogen and oxygen atoms in total. The maximum absolute atomic E-state index is 10.4. The Hall–Kier alpha value is -0.594. The SMILES string of the molecule is C=CC(=O)OC(C)(O)C(=O)O.[H-].[H-].[Mg+2]. The van der Waals surface area contributed by atoms with E-state index in [2.05, 4.69) is 11.3 Å². The van der Waals surface area contributed by atoms with E-state index in [4.69, 9.17) is 10.2 Å². The van der Waals surface area contributed by atoms with E-state index in [1.807, 2.05) is 0 Å². The molecule has 0 aliphatic carbocycles. The van der Waals surface area contributed by atoms with Crippen LogP contribution >= 0.6 is 0 Å². The second-order valence-corrected chi connectivity index (χ2v) is 1.91. The number of aliphatic hydroxyl groups is 1. The maximum Gasteiger partial charge on any atom is 2.00 e. The fraction of sp³-hybridized carbons (Fsp3) is 0.333. The van der Waals surface area contributed by atoms with Crippen LogP contribution in [0.15, 0.2) is 12.7 Å². The molecule has 0 aromatic carbocycles. The van der Waals surface area contributed by atoms with Crippen molar-refractivity contribution in [2.24, 2.45) is 0 Å². The quantitative estimate of drug-likeness (QED) is 0.265. The summed E-state index contributed by atoms with van der Waals surface area (Å²) in [6.07, 6.45) is 0.761. The Labute approximate surface area is 88.1 Å². The molecule has 0 aliphatic heterocycles. The Morgan fingerprint density at radius 2 is 2.08 bits per heavy atom. The summed E-state index contributed by atoms with van der Waals surface area (Å²) in [5, 5.41) is 17.0. The Morgan fingerprint density at radius 3 is 2.33 bits per heavy atom. The Kier molecular flexibility index (Phi) is 5.96. The summed E-state index contributed by atoms with van der Waals surface area (Å²) in [6.45, 7) is 3.87. The van der Waals surface area contributed by atoms with Gasteiger partial charge in [0.25, 0.3) is 0 Å². The third-order valence-corrected chi connectivity index (χ3v) is 0.863. The van der Waals surface area contributed by atoms with E-state index in [-0.39, 0.29) is 25.9 Å². The molecule has 0 amide bonds. The number of hydrogen-bond acceptors (Lipinski definition) is 4. The zero-order valence-corrected chi connectivity index (χ0v) is 8.02. The third-order valence-electron chi connectivity index (χ3n) is 0.863. The molecule has 0 radical (unpaired) electrons. The Bertz CT molecular complexity index is 206. The van der Waals surface area contributed by atoms with Gasteiger partial charge >= 0.3 is 40.8 Å². The molecule has 1 atom stereocenters. The molecular formula is C6H10MgO5. The first-order valence-electron chi connectivity index (χ1n) is 2.71. The van der Waals surface area contributed by atoms with E-state index in [0.717, 1.165) is 13.0 Å². The first-order chi connectivity index (χ1) is 4.90. The number of carbonyl (C=O) groups excluding carboxylic acids is 1. The van der Waals surface area contributed by atoms with Crippen molar-refractivity contribution in [3.63, 3.8) is 0 Å². The first-order valence-corrected chi connectivity index (χ1v) is 2.71. The van der Waals surface area contributed by atoms with Crippen LogP contribution in [0.2, 0.25) is 0 Å². The summed E-state index contributed by atoms with van der Waals surface area (Å²) in [7, 11) is 0. The van der Waals surface area contributed by atoms with Crippen molar-refractivity contribution in [2.45, 2.75) is 12.7 Å². The third kappa shape index (κ3) is 4.32. The molecule has 66 valence electrons. The van der Waals surface area contributed by atoms with Crippen LogP contribution in [0, 0.1) is 0 Å². The molecule has 0 fully saturated rings. The van der Waals surface area contributed by atoms with Crippen molar-refractivity contribution < 1.29 is 27.4 Å². The molecule has 0 aromatic rings. The smallest absolute Gasteiger partial charge is 1.00 e. The number of aliphatic carboxylic acids is 1. The van der Waals surface area contributed by atoms with Gasteiger partial charge in [0.15, 0.2) is 0 Å². The molecule has 0 bridgehead atoms. The van der Waals surface area contributed by atoms with Gasteiger partial charge in [0.2, 0.25) is 0 Å². The minimum Gasteiger partial charge on any atom is -1.00 e. The van der Waals surface area contributed by atoms with Gasteiger partial charge in [-0.1, -0.05) is 6.58 Å². The zero-order chi connectivity index (χ0) is 9.07. The molecule has 2 N–H and O–H groups in total. The van der Waals surface area contributed by atoms with Crippen LogP contribution in [0.3, 0.4) is 0 Å². The van der Waals surface area contributed by atoms with E-state index >= 15 is 0 Å². The van der Waals surface area contributed by atoms with Crippen LogP contribution in [0.4, 0.5) is 0 Å². The molecule has 0 rings (SSSR count). The van der Waals surface area contributed by atoms with Crippen LogP contribution in [0.1, 0.15) is 9.78 Å². The number of rotatable bonds is 3. The summed E-state index contributed by atoms with van der Waals surface area (Å²) in [6, 6.07) is 0. The summed E-state index contributed by atoms with van der Waals surface area (Å²) in [4.78, 5) is 20.5. The first kappa shape index (κ1) is 14.0. The average molecular weight is 186 g/mol. The molecule has 0 heterocycles. The Balaban J connectivity index is -0.000000167. The Morgan fingerprint density at radius 1 is 1.67 bits per heavy atom. The van der Waals surface area contributed by atoms with Gasteiger partial charge in [0, 0.05) is 13.0 Å². The van der Waals surface area contributed by atoms with Crippen LogP contribution in [0.25, 0.3) is 0 Å². The standard InChI is InChI=1S/C6H8O5.Mg.2H/c1-3-4(7)11-6(2,10)5(8)9;;;/h3,10H,1H2,2H3,(H,8,9);;;/q;+2;2*-1. The number of hydrogen-bond donors (Lipinski definition) is 2. The maximum atomic E-state index is 10.4. The van der Waals surface area contributed by atoms with Gasteiger partial charge in [-0.05, 0) is 0 Å². The van der Waals surface area contributed by atoms with Gasteiger partial charge in [0.1, 0.15) is 0 Å². The molecule has 6 heteroatoms. The predicted molar refractivity (Wildman–Crippen MR) is 42.5 cm³/mol. The van der Waals surface area contributed by atoms with Crippen LogP contribution < -0.4 is 0 Å². The second kappa shape index (κ2) is 5.12. The van der Waals surface area contributed by atoms with E-state index in [1.165, 1.54) is 0 Å². The summed E-state index contributed by atoms with van der Waals surface area (Å²) in [5.74, 6) is -5.10. The van der Waals surface area contributed by atoms with Crippen molar-refractivity contribution in [3.05, 3.63) is 12.7 Å². The van der Waals surface area contributed by atoms with Crippen molar-refractivity contribution in [1.29, 1.82) is 0 Å². The largest absolute Gasteiger partial charge is 2.00 e. The molecule has 0 saturated heterocycles. The molecule has 0 saturated carbocycles. The van der Waals surface area contributed by atoms with E-state index in [1.54, 1.807) is 0 Å². The number of ether oxygens (including phenoxy) is 1. The van der Waals surface area contributed by atoms with Gasteiger partial charge in [-0.2, -0.15) is 0 Å². The van der Waals surface area contributed by atoms with Gasteiger partial charge in [-0.15, -0.1) is 0 Å². The number of carbonyl (C=O) groups is 2. The van der Waals surface area contributed by atoms with E-state index in [0.29, 0.717) is 0 Å². The van der Waals surface area contributed by atoms with Crippen LogP contribution in [-0.2, 0) is 14.3 Å². The summed E-state index contributed by atoms with van der Waals surface area (Å²) >= 11 is 0. The molecule has 0 spiro atoms. The van der Waals surface area contributed by atoms with Gasteiger partial charge in [-0.3, -0.25) is 0 Å². The summed E-state index contributed by atoms with van der Waals surface area (Å²) in [5.41, 5.74) is 0. The van der Waals surface area contributed by atoms with Crippen molar-refractivity contribution in [2.75, 3.05) is 0 Å². The number of carboxylic acid groups (broad SMARTS) is 1. The second-order valence-electron chi connectivity index (χ2n) is 1.91. The molecule has 0 aromatic heterocycles. The van der Waals surface area contributed by atoms with Gasteiger partial charge in [-0.25, -0.2) is 9.59 Å². The van der Waals surface area contributed by atoms with E-state index in [9.17, 15) is 9.59 Å². The van der Waals surface area contributed by atoms with Gasteiger partial charge in [0.05, 0.1) is 0 Å². The van der Waals surface area contributed by atoms with E-state index < -0.39 is 17.7 Å². The van der Waals surface area contributed by atoms with Crippen LogP contribution in [-0.4, -0.2) is 51.0 Å². The minimum absolute atomic E-state index is 0. The topological polar surface area (TPSA) is 83.8 Å². The molecule has 1 unspecified atom stereocenters. The fourth-order valence-electron chi connectivity index (χ4n) is 0.281. The number of carboxylic acids is 1. The molecule has 12 heavy (non-hydrogen) atoms. The van der Waals surface area contributed by atoms with Crippen molar-refractivity contribution >= 4 is 35.0 Å². The monoisotopic (exact) mass is 186 g/mol. The number of esters is 1. The molecule has 0 aliphatic rings. The molecular weight excluding hydrogens is 176 g/mol. The van der Waals surface area contributed by atoms with Crippen LogP contribution in [0.5, 0.6) is 0 Å². The van der Waals surface area contributed by atoms with Crippen molar-refractivity contribution in [1.82, 2.24) is 0 Å². The average Bonchev–Trinajstić information content (AvgIpc) is 1.86. The summed E-state index contributed by atoms with van der Waals surface area (Å²) < 4.78 is 4.05. The zero-order valence-electron chi connectivity index (χ0n) is 8.61. The predicted octanol–water partition coefficient (Wildman–Crippen LogP) is -0.647. The minimum atomic E-state index is -2.48.